The topological polar surface area (TPSA) is 68.0 Å². The molecule has 0 aromatic carbocycles. The van der Waals surface area contributed by atoms with Crippen molar-refractivity contribution < 1.29 is 4.79 Å². The summed E-state index contributed by atoms with van der Waals surface area (Å²) in [5.74, 6) is 0.796. The highest BCUT2D eigenvalue weighted by atomic mass is 79.9. The molecule has 0 saturated carbocycles. The van der Waals surface area contributed by atoms with Crippen LogP contribution in [0.3, 0.4) is 0 Å². The van der Waals surface area contributed by atoms with Crippen LogP contribution in [0.5, 0.6) is 0 Å². The molecule has 1 aromatic rings. The molecule has 1 heterocycles. The number of nitrogens with zero attached hydrogens (tertiary/aromatic N) is 1. The van der Waals surface area contributed by atoms with Crippen molar-refractivity contribution in [3.05, 3.63) is 22.4 Å². The molecule has 106 valence electrons. The van der Waals surface area contributed by atoms with Crippen molar-refractivity contribution in [2.24, 2.45) is 17.6 Å². The first-order valence-electron chi connectivity index (χ1n) is 6.55. The Bertz CT molecular complexity index is 435. The summed E-state index contributed by atoms with van der Waals surface area (Å²) < 4.78 is 0.766. The van der Waals surface area contributed by atoms with E-state index in [0.717, 1.165) is 22.4 Å². The molecule has 0 fully saturated rings. The van der Waals surface area contributed by atoms with E-state index in [9.17, 15) is 4.79 Å². The van der Waals surface area contributed by atoms with E-state index in [2.05, 4.69) is 40.1 Å². The normalized spacial score (nSPS) is 12.5. The van der Waals surface area contributed by atoms with E-state index in [-0.39, 0.29) is 11.8 Å². The average Bonchev–Trinajstić information content (AvgIpc) is 2.31. The maximum absolute atomic E-state index is 12.0. The third kappa shape index (κ3) is 5.70. The van der Waals surface area contributed by atoms with E-state index >= 15 is 0 Å². The highest BCUT2D eigenvalue weighted by Crippen LogP contribution is 2.18. The van der Waals surface area contributed by atoms with E-state index in [1.807, 2.05) is 19.1 Å². The molecule has 1 unspecified atom stereocenters. The molecule has 1 atom stereocenters. The highest BCUT2D eigenvalue weighted by Gasteiger charge is 2.15. The monoisotopic (exact) mass is 327 g/mol. The summed E-state index contributed by atoms with van der Waals surface area (Å²) in [6, 6.07) is 3.67. The maximum Gasteiger partial charge on any atom is 0.224 e. The highest BCUT2D eigenvalue weighted by molar-refractivity contribution is 9.10. The minimum Gasteiger partial charge on any atom is -0.330 e. The summed E-state index contributed by atoms with van der Waals surface area (Å²) in [5.41, 5.74) is 7.27. The van der Waals surface area contributed by atoms with E-state index in [1.165, 1.54) is 0 Å². The van der Waals surface area contributed by atoms with Crippen molar-refractivity contribution in [3.63, 3.8) is 0 Å². The van der Waals surface area contributed by atoms with Crippen LogP contribution >= 0.6 is 15.9 Å². The van der Waals surface area contributed by atoms with Gasteiger partial charge in [0.2, 0.25) is 5.91 Å². The number of hydrogen-bond donors (Lipinski definition) is 2. The Kier molecular flexibility index (Phi) is 6.45. The molecule has 4 nitrogen and oxygen atoms in total. The summed E-state index contributed by atoms with van der Waals surface area (Å²) in [7, 11) is 0. The van der Waals surface area contributed by atoms with Gasteiger partial charge in [0.1, 0.15) is 4.60 Å². The Balaban J connectivity index is 2.59. The van der Waals surface area contributed by atoms with Crippen LogP contribution < -0.4 is 11.1 Å². The van der Waals surface area contributed by atoms with Crippen molar-refractivity contribution in [2.45, 2.75) is 33.6 Å². The fourth-order valence-electron chi connectivity index (χ4n) is 2.06. The lowest BCUT2D eigenvalue weighted by molar-refractivity contribution is -0.117. The van der Waals surface area contributed by atoms with Crippen LogP contribution in [-0.4, -0.2) is 17.4 Å². The number of hydrogen-bond acceptors (Lipinski definition) is 3. The number of halogens is 1. The molecule has 0 aliphatic carbocycles. The Morgan fingerprint density at radius 1 is 1.47 bits per heavy atom. The first-order chi connectivity index (χ1) is 8.92. The van der Waals surface area contributed by atoms with Crippen molar-refractivity contribution in [1.29, 1.82) is 0 Å². The van der Waals surface area contributed by atoms with Gasteiger partial charge < -0.3 is 11.1 Å². The largest absolute Gasteiger partial charge is 0.330 e. The lowest BCUT2D eigenvalue weighted by Crippen LogP contribution is -2.23. The Morgan fingerprint density at radius 3 is 2.68 bits per heavy atom. The molecular formula is C14H22BrN3O. The van der Waals surface area contributed by atoms with Gasteiger partial charge in [0.25, 0.3) is 0 Å². The summed E-state index contributed by atoms with van der Waals surface area (Å²) in [6.07, 6.45) is 1.44. The van der Waals surface area contributed by atoms with Gasteiger partial charge in [-0.15, -0.1) is 0 Å². The van der Waals surface area contributed by atoms with Gasteiger partial charge in [0, 0.05) is 6.42 Å². The molecule has 5 heteroatoms. The standard InChI is InChI=1S/C14H22BrN3O/c1-9(2)6-11(8-16)7-14(19)18-12-4-5-13(15)17-10(12)3/h4-5,9,11H,6-8,16H2,1-3H3,(H,18,19). The number of nitrogens with two attached hydrogens (primary N) is 1. The minimum absolute atomic E-state index is 0.00308. The van der Waals surface area contributed by atoms with Crippen molar-refractivity contribution >= 4 is 27.5 Å². The van der Waals surface area contributed by atoms with Crippen LogP contribution in [0.2, 0.25) is 0 Å². The number of carbonyl (C=O) groups is 1. The molecule has 0 aliphatic heterocycles. The average molecular weight is 328 g/mol. The van der Waals surface area contributed by atoms with Crippen LogP contribution in [0.1, 0.15) is 32.4 Å². The number of carbonyl (C=O) groups excluding carboxylic acids is 1. The molecule has 1 rings (SSSR count). The van der Waals surface area contributed by atoms with E-state index in [4.69, 9.17) is 5.73 Å². The lowest BCUT2D eigenvalue weighted by Gasteiger charge is -2.17. The molecule has 0 bridgehead atoms. The zero-order chi connectivity index (χ0) is 14.4. The number of aryl methyl sites for hydroxylation is 1. The van der Waals surface area contributed by atoms with Crippen molar-refractivity contribution in [3.8, 4) is 0 Å². The van der Waals surface area contributed by atoms with E-state index in [1.54, 1.807) is 0 Å². The quantitative estimate of drug-likeness (QED) is 0.789. The predicted molar refractivity (Wildman–Crippen MR) is 81.9 cm³/mol. The molecule has 3 N–H and O–H groups in total. The first kappa shape index (κ1) is 16.1. The number of rotatable bonds is 6. The third-order valence-corrected chi connectivity index (χ3v) is 3.38. The van der Waals surface area contributed by atoms with Gasteiger partial charge in [-0.1, -0.05) is 13.8 Å². The van der Waals surface area contributed by atoms with E-state index in [0.29, 0.717) is 18.9 Å². The van der Waals surface area contributed by atoms with Gasteiger partial charge in [-0.2, -0.15) is 0 Å². The zero-order valence-corrected chi connectivity index (χ0v) is 13.3. The molecule has 0 aliphatic rings. The van der Waals surface area contributed by atoms with Crippen LogP contribution in [0.4, 0.5) is 5.69 Å². The second-order valence-electron chi connectivity index (χ2n) is 5.25. The van der Waals surface area contributed by atoms with Crippen LogP contribution in [-0.2, 0) is 4.79 Å². The molecule has 19 heavy (non-hydrogen) atoms. The number of aromatic nitrogens is 1. The first-order valence-corrected chi connectivity index (χ1v) is 7.34. The Labute approximate surface area is 123 Å². The summed E-state index contributed by atoms with van der Waals surface area (Å²) in [6.45, 7) is 6.70. The maximum atomic E-state index is 12.0. The predicted octanol–water partition coefficient (Wildman–Crippen LogP) is 3.10. The third-order valence-electron chi connectivity index (χ3n) is 2.94. The second-order valence-corrected chi connectivity index (χ2v) is 6.06. The molecular weight excluding hydrogens is 306 g/mol. The number of nitrogens with one attached hydrogen (secondary N) is 1. The summed E-state index contributed by atoms with van der Waals surface area (Å²) in [4.78, 5) is 16.2. The molecule has 0 saturated heterocycles. The van der Waals surface area contributed by atoms with Gasteiger partial charge >= 0.3 is 0 Å². The van der Waals surface area contributed by atoms with Crippen LogP contribution in [0.15, 0.2) is 16.7 Å². The SMILES string of the molecule is Cc1nc(Br)ccc1NC(=O)CC(CN)CC(C)C. The summed E-state index contributed by atoms with van der Waals surface area (Å²) >= 11 is 3.30. The fraction of sp³-hybridized carbons (Fsp3) is 0.571. The van der Waals surface area contributed by atoms with Crippen molar-refractivity contribution in [2.75, 3.05) is 11.9 Å². The van der Waals surface area contributed by atoms with E-state index < -0.39 is 0 Å². The number of anilines is 1. The smallest absolute Gasteiger partial charge is 0.224 e. The molecule has 1 aromatic heterocycles. The van der Waals surface area contributed by atoms with Crippen LogP contribution in [0, 0.1) is 18.8 Å². The minimum atomic E-state index is 0.00308. The Morgan fingerprint density at radius 2 is 2.16 bits per heavy atom. The number of amides is 1. The summed E-state index contributed by atoms with van der Waals surface area (Å²) in [5, 5.41) is 2.90. The van der Waals surface area contributed by atoms with Gasteiger partial charge in [0.05, 0.1) is 11.4 Å². The molecule has 0 radical (unpaired) electrons. The van der Waals surface area contributed by atoms with Gasteiger partial charge in [-0.05, 0) is 59.8 Å². The molecule has 1 amide bonds. The van der Waals surface area contributed by atoms with Crippen molar-refractivity contribution in [1.82, 2.24) is 4.98 Å². The Hall–Kier alpha value is -0.940. The van der Waals surface area contributed by atoms with Gasteiger partial charge in [0.15, 0.2) is 0 Å². The van der Waals surface area contributed by atoms with Gasteiger partial charge in [-0.3, -0.25) is 4.79 Å². The fourth-order valence-corrected chi connectivity index (χ4v) is 2.45. The zero-order valence-electron chi connectivity index (χ0n) is 11.7. The van der Waals surface area contributed by atoms with Gasteiger partial charge in [-0.25, -0.2) is 4.98 Å². The second kappa shape index (κ2) is 7.60. The molecule has 0 spiro atoms. The lowest BCUT2D eigenvalue weighted by atomic mass is 9.94. The van der Waals surface area contributed by atoms with Crippen LogP contribution in [0.25, 0.3) is 0 Å². The number of pyridine rings is 1.